The van der Waals surface area contributed by atoms with Crippen molar-refractivity contribution < 1.29 is 82.7 Å². The molecule has 0 spiro atoms. The Morgan fingerprint density at radius 3 is 2.18 bits per heavy atom. The van der Waals surface area contributed by atoms with Gasteiger partial charge in [0.15, 0.2) is 0 Å². The van der Waals surface area contributed by atoms with Gasteiger partial charge in [-0.25, -0.2) is 0 Å². The van der Waals surface area contributed by atoms with E-state index < -0.39 is 38.1 Å². The Kier molecular flexibility index (Phi) is 9.57. The number of benzene rings is 1. The number of carboxylic acids is 1. The van der Waals surface area contributed by atoms with Crippen LogP contribution >= 0.6 is 0 Å². The third-order valence-electron chi connectivity index (χ3n) is 1.58. The topological polar surface area (TPSA) is 123 Å². The van der Waals surface area contributed by atoms with Crippen molar-refractivity contribution in [2.24, 2.45) is 0 Å². The molecule has 0 fully saturated rings. The van der Waals surface area contributed by atoms with Crippen molar-refractivity contribution in [3.63, 3.8) is 0 Å². The SMILES string of the molecule is O=C([O-])c1cccc(S(=O)[O-])c1[N+](=O)[O-].[Na+].[Na+]. The molecule has 0 aromatic heterocycles. The zero-order chi connectivity index (χ0) is 11.6. The number of hydrogen-bond donors (Lipinski definition) is 0. The fourth-order valence-electron chi connectivity index (χ4n) is 1.01. The molecule has 1 rings (SSSR count). The largest absolute Gasteiger partial charge is 1.00 e. The summed E-state index contributed by atoms with van der Waals surface area (Å²) >= 11 is -2.87. The van der Waals surface area contributed by atoms with Gasteiger partial charge in [-0.1, -0.05) is 6.07 Å². The second-order valence-corrected chi connectivity index (χ2v) is 3.34. The smallest absolute Gasteiger partial charge is 0.768 e. The van der Waals surface area contributed by atoms with Crippen LogP contribution in [-0.4, -0.2) is 19.7 Å². The Balaban J connectivity index is 0. The van der Waals surface area contributed by atoms with Crippen LogP contribution in [0.4, 0.5) is 5.69 Å². The van der Waals surface area contributed by atoms with Crippen LogP contribution < -0.4 is 64.2 Å². The van der Waals surface area contributed by atoms with Gasteiger partial charge in [0.05, 0.1) is 16.5 Å². The average molecular weight is 275 g/mol. The molecule has 7 nitrogen and oxygen atoms in total. The summed E-state index contributed by atoms with van der Waals surface area (Å²) in [7, 11) is 0. The Hall–Kier alpha value is 0.200. The normalized spacial score (nSPS) is 10.6. The Morgan fingerprint density at radius 2 is 1.82 bits per heavy atom. The summed E-state index contributed by atoms with van der Waals surface area (Å²) in [5.74, 6) is -1.80. The number of nitro benzene ring substituents is 1. The molecule has 1 aromatic rings. The first-order chi connectivity index (χ1) is 6.95. The van der Waals surface area contributed by atoms with Crippen LogP contribution in [0.1, 0.15) is 10.4 Å². The van der Waals surface area contributed by atoms with E-state index in [1.165, 1.54) is 0 Å². The van der Waals surface area contributed by atoms with Gasteiger partial charge in [-0.2, -0.15) is 0 Å². The molecule has 10 heteroatoms. The monoisotopic (exact) mass is 275 g/mol. The van der Waals surface area contributed by atoms with Gasteiger partial charge in [-0.05, 0) is 23.2 Å². The van der Waals surface area contributed by atoms with E-state index in [1.54, 1.807) is 0 Å². The van der Waals surface area contributed by atoms with Crippen LogP contribution in [0.15, 0.2) is 23.1 Å². The van der Waals surface area contributed by atoms with E-state index >= 15 is 0 Å². The number of carboxylic acid groups (broad SMARTS) is 1. The van der Waals surface area contributed by atoms with E-state index in [2.05, 4.69) is 0 Å². The fraction of sp³-hybridized carbons (Fsp3) is 0. The fourth-order valence-corrected chi connectivity index (χ4v) is 1.54. The van der Waals surface area contributed by atoms with Crippen molar-refractivity contribution in [3.05, 3.63) is 33.9 Å². The number of rotatable bonds is 3. The van der Waals surface area contributed by atoms with Crippen molar-refractivity contribution in [3.8, 4) is 0 Å². The van der Waals surface area contributed by atoms with Crippen molar-refractivity contribution in [2.45, 2.75) is 4.90 Å². The van der Waals surface area contributed by atoms with Gasteiger partial charge in [0, 0.05) is 0 Å². The Bertz CT molecular complexity index is 433. The molecule has 1 unspecified atom stereocenters. The minimum absolute atomic E-state index is 0. The van der Waals surface area contributed by atoms with Crippen LogP contribution in [0.5, 0.6) is 0 Å². The summed E-state index contributed by atoms with van der Waals surface area (Å²) in [6.07, 6.45) is 0. The van der Waals surface area contributed by atoms with Crippen LogP contribution in [0, 0.1) is 10.1 Å². The van der Waals surface area contributed by atoms with Gasteiger partial charge in [0.2, 0.25) is 0 Å². The van der Waals surface area contributed by atoms with Gasteiger partial charge in [0.25, 0.3) is 5.69 Å². The molecule has 17 heavy (non-hydrogen) atoms. The number of carbonyl (C=O) groups is 1. The molecule has 0 radical (unpaired) electrons. The Morgan fingerprint density at radius 1 is 1.29 bits per heavy atom. The molecule has 0 saturated carbocycles. The third-order valence-corrected chi connectivity index (χ3v) is 2.27. The van der Waals surface area contributed by atoms with Gasteiger partial charge in [-0.3, -0.25) is 14.3 Å². The molecule has 1 aromatic carbocycles. The maximum atomic E-state index is 10.6. The van der Waals surface area contributed by atoms with E-state index in [9.17, 15) is 28.8 Å². The zero-order valence-corrected chi connectivity index (χ0v) is 13.9. The molecule has 0 aliphatic carbocycles. The predicted molar refractivity (Wildman–Crippen MR) is 44.6 cm³/mol. The Labute approximate surface area is 143 Å². The minimum Gasteiger partial charge on any atom is -0.768 e. The molecule has 0 aliphatic rings. The third kappa shape index (κ3) is 4.76. The van der Waals surface area contributed by atoms with Crippen LogP contribution in [0.25, 0.3) is 0 Å². The van der Waals surface area contributed by atoms with Crippen molar-refractivity contribution in [1.29, 1.82) is 0 Å². The molecule has 0 aliphatic heterocycles. The first-order valence-electron chi connectivity index (χ1n) is 3.53. The molecule has 0 saturated heterocycles. The maximum absolute atomic E-state index is 10.6. The summed E-state index contributed by atoms with van der Waals surface area (Å²) in [4.78, 5) is 19.2. The first-order valence-corrected chi connectivity index (χ1v) is 4.60. The summed E-state index contributed by atoms with van der Waals surface area (Å²) in [6.45, 7) is 0. The average Bonchev–Trinajstić information content (AvgIpc) is 2.16. The molecule has 1 atom stereocenters. The number of nitro groups is 1. The van der Waals surface area contributed by atoms with Crippen LogP contribution in [0.3, 0.4) is 0 Å². The molecular weight excluding hydrogens is 272 g/mol. The first kappa shape index (κ1) is 19.5. The molecule has 0 amide bonds. The molecule has 0 bridgehead atoms. The maximum Gasteiger partial charge on any atom is 1.00 e. The quantitative estimate of drug-likeness (QED) is 0.234. The van der Waals surface area contributed by atoms with Gasteiger partial charge >= 0.3 is 59.1 Å². The zero-order valence-electron chi connectivity index (χ0n) is 9.04. The summed E-state index contributed by atoms with van der Waals surface area (Å²) in [6, 6.07) is 2.93. The minimum atomic E-state index is -2.87. The number of hydrogen-bond acceptors (Lipinski definition) is 6. The molecular formula is C7H3NNa2O6S. The second-order valence-electron chi connectivity index (χ2n) is 2.43. The van der Waals surface area contributed by atoms with E-state index in [4.69, 9.17) is 0 Å². The van der Waals surface area contributed by atoms with Crippen LogP contribution in [-0.2, 0) is 11.1 Å². The van der Waals surface area contributed by atoms with Crippen LogP contribution in [0.2, 0.25) is 0 Å². The molecule has 0 N–H and O–H groups in total. The summed E-state index contributed by atoms with van der Waals surface area (Å²) < 4.78 is 21.2. The number of para-hydroxylation sites is 1. The number of aromatic carboxylic acids is 1. The predicted octanol–water partition coefficient (Wildman–Crippen LogP) is -6.80. The van der Waals surface area contributed by atoms with Gasteiger partial charge in [-0.15, -0.1) is 0 Å². The van der Waals surface area contributed by atoms with Gasteiger partial charge in [0.1, 0.15) is 4.90 Å². The van der Waals surface area contributed by atoms with Crippen molar-refractivity contribution in [2.75, 3.05) is 0 Å². The van der Waals surface area contributed by atoms with Crippen molar-refractivity contribution in [1.82, 2.24) is 0 Å². The van der Waals surface area contributed by atoms with E-state index in [-0.39, 0.29) is 59.1 Å². The molecule has 80 valence electrons. The van der Waals surface area contributed by atoms with E-state index in [0.717, 1.165) is 18.2 Å². The van der Waals surface area contributed by atoms with E-state index in [1.807, 2.05) is 0 Å². The van der Waals surface area contributed by atoms with E-state index in [0.29, 0.717) is 0 Å². The number of nitrogens with zero attached hydrogens (tertiary/aromatic N) is 1. The summed E-state index contributed by atoms with van der Waals surface area (Å²) in [5, 5.41) is 21.0. The molecule has 0 heterocycles. The summed E-state index contributed by atoms with van der Waals surface area (Å²) in [5.41, 5.74) is -1.74. The standard InChI is InChI=1S/C7H5NO6S.2Na/c9-7(10)4-2-1-3-5(15(13)14)6(4)8(11)12;;/h1-3H,(H,9,10)(H,13,14);;/q;2*+1/p-2. The van der Waals surface area contributed by atoms with Gasteiger partial charge < -0.3 is 14.5 Å². The number of carbonyl (C=O) groups excluding carboxylic acids is 1. The van der Waals surface area contributed by atoms with Crippen molar-refractivity contribution >= 4 is 22.7 Å². The second kappa shape index (κ2) is 8.33.